The van der Waals surface area contributed by atoms with Gasteiger partial charge in [0, 0.05) is 36.5 Å². The summed E-state index contributed by atoms with van der Waals surface area (Å²) in [7, 11) is 0. The summed E-state index contributed by atoms with van der Waals surface area (Å²) in [5.41, 5.74) is 2.16. The van der Waals surface area contributed by atoms with E-state index < -0.39 is 12.0 Å². The van der Waals surface area contributed by atoms with E-state index in [1.54, 1.807) is 17.2 Å². The Labute approximate surface area is 150 Å². The molecule has 0 spiro atoms. The number of hydrogen-bond donors (Lipinski definition) is 0. The summed E-state index contributed by atoms with van der Waals surface area (Å²) < 4.78 is 39.5. The number of hydrogen-bond acceptors (Lipinski definition) is 5. The Bertz CT molecular complexity index is 802. The lowest BCUT2D eigenvalue weighted by Crippen LogP contribution is -2.21. The van der Waals surface area contributed by atoms with E-state index in [-0.39, 0.29) is 11.7 Å². The molecule has 2 aromatic rings. The van der Waals surface area contributed by atoms with Crippen LogP contribution < -0.4 is 4.90 Å². The fraction of sp³-hybridized carbons (Fsp3) is 0.556. The van der Waals surface area contributed by atoms with E-state index >= 15 is 0 Å². The molecule has 0 atom stereocenters. The standard InChI is InChI=1S/C18H22F3N5/c1-10(2)5-15-22-7-12-8-26(9-14(12)23-15)16-6-13(11(3)4)24-17(25-16)18(19,20)21/h6-7,10-11H,5,8-9H2,1-4H3. The van der Waals surface area contributed by atoms with Crippen LogP contribution in [0.15, 0.2) is 12.3 Å². The van der Waals surface area contributed by atoms with Crippen LogP contribution >= 0.6 is 0 Å². The summed E-state index contributed by atoms with van der Waals surface area (Å²) in [6.07, 6.45) is -2.03. The van der Waals surface area contributed by atoms with Crippen LogP contribution in [0.1, 0.15) is 62.2 Å². The molecular formula is C18H22F3N5. The van der Waals surface area contributed by atoms with Crippen LogP contribution in [0.2, 0.25) is 0 Å². The predicted molar refractivity (Wildman–Crippen MR) is 91.6 cm³/mol. The molecule has 1 aliphatic heterocycles. The van der Waals surface area contributed by atoms with Crippen molar-refractivity contribution in [3.63, 3.8) is 0 Å². The molecule has 26 heavy (non-hydrogen) atoms. The van der Waals surface area contributed by atoms with Crippen molar-refractivity contribution >= 4 is 5.82 Å². The molecule has 0 fully saturated rings. The molecule has 0 saturated carbocycles. The zero-order chi connectivity index (χ0) is 19.1. The first kappa shape index (κ1) is 18.5. The highest BCUT2D eigenvalue weighted by Crippen LogP contribution is 2.32. The van der Waals surface area contributed by atoms with Crippen LogP contribution in [0.25, 0.3) is 0 Å². The van der Waals surface area contributed by atoms with E-state index in [0.29, 0.717) is 24.7 Å². The molecule has 2 aromatic heterocycles. The van der Waals surface area contributed by atoms with Gasteiger partial charge in [-0.05, 0) is 11.8 Å². The molecule has 5 nitrogen and oxygen atoms in total. The zero-order valence-electron chi connectivity index (χ0n) is 15.3. The van der Waals surface area contributed by atoms with Gasteiger partial charge in [0.1, 0.15) is 11.6 Å². The SMILES string of the molecule is CC(C)Cc1ncc2c(n1)CN(c1cc(C(C)C)nc(C(F)(F)F)n1)C2. The Hall–Kier alpha value is -2.25. The predicted octanol–water partition coefficient (Wildman–Crippen LogP) is 4.13. The lowest BCUT2D eigenvalue weighted by Gasteiger charge is -2.19. The molecule has 0 unspecified atom stereocenters. The molecule has 0 aliphatic carbocycles. The monoisotopic (exact) mass is 365 g/mol. The number of aromatic nitrogens is 4. The topological polar surface area (TPSA) is 54.8 Å². The molecule has 0 saturated heterocycles. The van der Waals surface area contributed by atoms with Gasteiger partial charge in [0.05, 0.1) is 12.2 Å². The van der Waals surface area contributed by atoms with Crippen molar-refractivity contribution in [2.45, 2.75) is 59.3 Å². The summed E-state index contributed by atoms with van der Waals surface area (Å²) in [5, 5.41) is 0. The lowest BCUT2D eigenvalue weighted by molar-refractivity contribution is -0.145. The molecule has 0 radical (unpaired) electrons. The maximum absolute atomic E-state index is 13.2. The molecule has 140 valence electrons. The molecule has 3 heterocycles. The minimum absolute atomic E-state index is 0.125. The van der Waals surface area contributed by atoms with Gasteiger partial charge in [-0.2, -0.15) is 13.2 Å². The molecule has 0 bridgehead atoms. The summed E-state index contributed by atoms with van der Waals surface area (Å²) >= 11 is 0. The van der Waals surface area contributed by atoms with Crippen molar-refractivity contribution in [1.29, 1.82) is 0 Å². The van der Waals surface area contributed by atoms with E-state index in [9.17, 15) is 13.2 Å². The highest BCUT2D eigenvalue weighted by atomic mass is 19.4. The Morgan fingerprint density at radius 2 is 1.81 bits per heavy atom. The van der Waals surface area contributed by atoms with Gasteiger partial charge in [0.15, 0.2) is 0 Å². The molecule has 0 aromatic carbocycles. The number of halogens is 3. The van der Waals surface area contributed by atoms with Crippen LogP contribution in [0.4, 0.5) is 19.0 Å². The molecule has 0 N–H and O–H groups in total. The molecule has 8 heteroatoms. The first-order valence-electron chi connectivity index (χ1n) is 8.68. The van der Waals surface area contributed by atoms with E-state index in [2.05, 4.69) is 33.8 Å². The number of fused-ring (bicyclic) bond motifs is 1. The van der Waals surface area contributed by atoms with Gasteiger partial charge in [0.25, 0.3) is 0 Å². The van der Waals surface area contributed by atoms with Crippen molar-refractivity contribution in [3.8, 4) is 0 Å². The zero-order valence-corrected chi connectivity index (χ0v) is 15.3. The smallest absolute Gasteiger partial charge is 0.346 e. The fourth-order valence-electron chi connectivity index (χ4n) is 2.86. The number of rotatable bonds is 4. The molecule has 3 rings (SSSR count). The molecular weight excluding hydrogens is 343 g/mol. The summed E-state index contributed by atoms with van der Waals surface area (Å²) in [6.45, 7) is 8.69. The van der Waals surface area contributed by atoms with Gasteiger partial charge >= 0.3 is 6.18 Å². The van der Waals surface area contributed by atoms with Gasteiger partial charge in [-0.3, -0.25) is 0 Å². The van der Waals surface area contributed by atoms with Crippen LogP contribution in [-0.4, -0.2) is 19.9 Å². The molecule has 0 amide bonds. The minimum atomic E-state index is -4.57. The maximum atomic E-state index is 13.2. The van der Waals surface area contributed by atoms with Gasteiger partial charge in [-0.15, -0.1) is 0 Å². The number of anilines is 1. The first-order chi connectivity index (χ1) is 12.1. The normalized spacial score (nSPS) is 14.4. The average Bonchev–Trinajstić information content (AvgIpc) is 2.96. The first-order valence-corrected chi connectivity index (χ1v) is 8.68. The van der Waals surface area contributed by atoms with Crippen molar-refractivity contribution in [3.05, 3.63) is 40.9 Å². The van der Waals surface area contributed by atoms with Crippen molar-refractivity contribution in [2.24, 2.45) is 5.92 Å². The van der Waals surface area contributed by atoms with Crippen molar-refractivity contribution < 1.29 is 13.2 Å². The van der Waals surface area contributed by atoms with E-state index in [4.69, 9.17) is 0 Å². The Morgan fingerprint density at radius 1 is 1.08 bits per heavy atom. The number of nitrogens with zero attached hydrogens (tertiary/aromatic N) is 5. The Kier molecular flexibility index (Phi) is 4.86. The van der Waals surface area contributed by atoms with Gasteiger partial charge in [0.2, 0.25) is 5.82 Å². The van der Waals surface area contributed by atoms with E-state index in [1.807, 2.05) is 13.8 Å². The minimum Gasteiger partial charge on any atom is -0.346 e. The highest BCUT2D eigenvalue weighted by Gasteiger charge is 2.36. The second kappa shape index (κ2) is 6.81. The van der Waals surface area contributed by atoms with Gasteiger partial charge < -0.3 is 4.90 Å². The summed E-state index contributed by atoms with van der Waals surface area (Å²) in [4.78, 5) is 18.2. The summed E-state index contributed by atoms with van der Waals surface area (Å²) in [5.74, 6) is 0.262. The Morgan fingerprint density at radius 3 is 2.42 bits per heavy atom. The fourth-order valence-corrected chi connectivity index (χ4v) is 2.86. The van der Waals surface area contributed by atoms with Crippen LogP contribution in [-0.2, 0) is 25.7 Å². The van der Waals surface area contributed by atoms with E-state index in [1.165, 1.54) is 0 Å². The average molecular weight is 365 g/mol. The quantitative estimate of drug-likeness (QED) is 0.815. The van der Waals surface area contributed by atoms with Gasteiger partial charge in [-0.25, -0.2) is 19.9 Å². The van der Waals surface area contributed by atoms with Crippen molar-refractivity contribution in [1.82, 2.24) is 19.9 Å². The second-order valence-corrected chi connectivity index (χ2v) is 7.34. The third-order valence-corrected chi connectivity index (χ3v) is 4.20. The van der Waals surface area contributed by atoms with Crippen LogP contribution in [0.3, 0.4) is 0 Å². The van der Waals surface area contributed by atoms with Crippen molar-refractivity contribution in [2.75, 3.05) is 4.90 Å². The molecule has 1 aliphatic rings. The number of alkyl halides is 3. The largest absolute Gasteiger partial charge is 0.451 e. The van der Waals surface area contributed by atoms with Gasteiger partial charge in [-0.1, -0.05) is 27.7 Å². The maximum Gasteiger partial charge on any atom is 0.451 e. The van der Waals surface area contributed by atoms with Crippen LogP contribution in [0, 0.1) is 5.92 Å². The highest BCUT2D eigenvalue weighted by molar-refractivity contribution is 5.46. The van der Waals surface area contributed by atoms with Crippen LogP contribution in [0.5, 0.6) is 0 Å². The second-order valence-electron chi connectivity index (χ2n) is 7.34. The Balaban J connectivity index is 1.91. The summed E-state index contributed by atoms with van der Waals surface area (Å²) in [6, 6.07) is 1.63. The van der Waals surface area contributed by atoms with E-state index in [0.717, 1.165) is 23.5 Å². The lowest BCUT2D eigenvalue weighted by atomic mass is 10.1. The third kappa shape index (κ3) is 3.94. The third-order valence-electron chi connectivity index (χ3n) is 4.20.